The summed E-state index contributed by atoms with van der Waals surface area (Å²) in [5, 5.41) is 17.5. The first kappa shape index (κ1) is 13.3. The number of hydrogen-bond acceptors (Lipinski definition) is 2. The highest BCUT2D eigenvalue weighted by Gasteiger charge is 2.33. The van der Waals surface area contributed by atoms with Gasteiger partial charge < -0.3 is 5.11 Å². The molecule has 1 aromatic rings. The summed E-state index contributed by atoms with van der Waals surface area (Å²) < 4.78 is 37.4. The summed E-state index contributed by atoms with van der Waals surface area (Å²) >= 11 is 5.40. The molecule has 0 saturated carbocycles. The average Bonchev–Trinajstić information content (AvgIpc) is 2.25. The van der Waals surface area contributed by atoms with Crippen LogP contribution in [0.5, 0.6) is 0 Å². The lowest BCUT2D eigenvalue weighted by atomic mass is 9.99. The van der Waals surface area contributed by atoms with Gasteiger partial charge >= 0.3 is 12.1 Å². The van der Waals surface area contributed by atoms with Crippen LogP contribution < -0.4 is 0 Å². The molecule has 0 radical (unpaired) electrons. The summed E-state index contributed by atoms with van der Waals surface area (Å²) in [6.45, 7) is 0. The van der Waals surface area contributed by atoms with Crippen molar-refractivity contribution in [1.82, 2.24) is 0 Å². The number of halogens is 4. The van der Waals surface area contributed by atoms with Crippen LogP contribution >= 0.6 is 11.6 Å². The molecule has 0 unspecified atom stereocenters. The maximum absolute atomic E-state index is 12.5. The van der Waals surface area contributed by atoms with Crippen LogP contribution in [0.1, 0.15) is 27.0 Å². The number of carboxylic acids is 1. The predicted octanol–water partition coefficient (Wildman–Crippen LogP) is 3.01. The van der Waals surface area contributed by atoms with Crippen LogP contribution in [0, 0.1) is 11.3 Å². The molecule has 1 aromatic carbocycles. The lowest BCUT2D eigenvalue weighted by Crippen LogP contribution is -2.11. The smallest absolute Gasteiger partial charge is 0.416 e. The number of carboxylic acid groups (broad SMARTS) is 1. The van der Waals surface area contributed by atoms with Crippen molar-refractivity contribution in [2.45, 2.75) is 12.1 Å². The maximum atomic E-state index is 12.5. The van der Waals surface area contributed by atoms with Gasteiger partial charge in [-0.25, -0.2) is 4.79 Å². The number of hydrogen-bond donors (Lipinski definition) is 1. The Balaban J connectivity index is 3.59. The van der Waals surface area contributed by atoms with Gasteiger partial charge in [-0.1, -0.05) is 0 Å². The Bertz CT molecular complexity index is 505. The van der Waals surface area contributed by atoms with Crippen LogP contribution in [0.15, 0.2) is 12.1 Å². The third-order valence-corrected chi connectivity index (χ3v) is 2.32. The molecule has 17 heavy (non-hydrogen) atoms. The molecule has 0 atom stereocenters. The van der Waals surface area contributed by atoms with Crippen molar-refractivity contribution in [3.63, 3.8) is 0 Å². The Hall–Kier alpha value is -1.74. The zero-order chi connectivity index (χ0) is 13.2. The molecule has 0 aliphatic rings. The van der Waals surface area contributed by atoms with Gasteiger partial charge in [0, 0.05) is 5.88 Å². The van der Waals surface area contributed by atoms with Crippen molar-refractivity contribution >= 4 is 17.6 Å². The van der Waals surface area contributed by atoms with E-state index in [0.717, 1.165) is 0 Å². The van der Waals surface area contributed by atoms with Crippen molar-refractivity contribution < 1.29 is 23.1 Å². The van der Waals surface area contributed by atoms with Gasteiger partial charge in [0.25, 0.3) is 0 Å². The molecule has 90 valence electrons. The van der Waals surface area contributed by atoms with E-state index < -0.39 is 23.3 Å². The highest BCUT2D eigenvalue weighted by molar-refractivity contribution is 6.17. The van der Waals surface area contributed by atoms with Crippen molar-refractivity contribution in [1.29, 1.82) is 5.26 Å². The minimum absolute atomic E-state index is 0.151. The first-order chi connectivity index (χ1) is 7.81. The minimum Gasteiger partial charge on any atom is -0.478 e. The average molecular weight is 264 g/mol. The predicted molar refractivity (Wildman–Crippen MR) is 52.7 cm³/mol. The number of aromatic carboxylic acids is 1. The quantitative estimate of drug-likeness (QED) is 0.834. The molecule has 0 heterocycles. The first-order valence-corrected chi connectivity index (χ1v) is 4.78. The largest absolute Gasteiger partial charge is 0.478 e. The minimum atomic E-state index is -4.68. The molecule has 0 spiro atoms. The molecule has 1 rings (SSSR count). The number of rotatable bonds is 2. The summed E-state index contributed by atoms with van der Waals surface area (Å²) in [6.07, 6.45) is -4.68. The number of alkyl halides is 4. The Morgan fingerprint density at radius 1 is 1.47 bits per heavy atom. The second-order valence-electron chi connectivity index (χ2n) is 3.11. The van der Waals surface area contributed by atoms with Gasteiger partial charge in [0.2, 0.25) is 0 Å². The summed E-state index contributed by atoms with van der Waals surface area (Å²) in [6, 6.07) is 2.65. The zero-order valence-electron chi connectivity index (χ0n) is 8.18. The van der Waals surface area contributed by atoms with Crippen molar-refractivity contribution in [2.24, 2.45) is 0 Å². The van der Waals surface area contributed by atoms with Gasteiger partial charge in [0.15, 0.2) is 0 Å². The van der Waals surface area contributed by atoms with E-state index >= 15 is 0 Å². The first-order valence-electron chi connectivity index (χ1n) is 4.24. The summed E-state index contributed by atoms with van der Waals surface area (Å²) in [5.74, 6) is -1.97. The molecule has 1 N–H and O–H groups in total. The molecule has 0 amide bonds. The monoisotopic (exact) mass is 263 g/mol. The lowest BCUT2D eigenvalue weighted by molar-refractivity contribution is -0.137. The van der Waals surface area contributed by atoms with Crippen LogP contribution in [0.4, 0.5) is 13.2 Å². The number of nitrogens with zero attached hydrogens (tertiary/aromatic N) is 1. The SMILES string of the molecule is N#Cc1c(CCl)cc(C(F)(F)F)cc1C(=O)O. The lowest BCUT2D eigenvalue weighted by Gasteiger charge is -2.11. The fourth-order valence-electron chi connectivity index (χ4n) is 1.27. The van der Waals surface area contributed by atoms with Crippen LogP contribution in [0.25, 0.3) is 0 Å². The summed E-state index contributed by atoms with van der Waals surface area (Å²) in [4.78, 5) is 10.8. The van der Waals surface area contributed by atoms with Crippen LogP contribution in [0.2, 0.25) is 0 Å². The standard InChI is InChI=1S/C10H5ClF3NO2/c11-3-5-1-6(10(12,13)14)2-7(9(16)17)8(5)4-15/h1-2H,3H2,(H,16,17). The second kappa shape index (κ2) is 4.63. The molecule has 0 bridgehead atoms. The van der Waals surface area contributed by atoms with E-state index in [9.17, 15) is 18.0 Å². The molecule has 0 aliphatic carbocycles. The van der Waals surface area contributed by atoms with Gasteiger partial charge in [-0.05, 0) is 17.7 Å². The van der Waals surface area contributed by atoms with Gasteiger partial charge in [-0.2, -0.15) is 18.4 Å². The normalized spacial score (nSPS) is 11.0. The molecule has 0 aromatic heterocycles. The van der Waals surface area contributed by atoms with Gasteiger partial charge in [-0.3, -0.25) is 0 Å². The number of carbonyl (C=O) groups is 1. The van der Waals surface area contributed by atoms with E-state index in [-0.39, 0.29) is 17.0 Å². The topological polar surface area (TPSA) is 61.1 Å². The second-order valence-corrected chi connectivity index (χ2v) is 3.37. The van der Waals surface area contributed by atoms with Gasteiger partial charge in [0.1, 0.15) is 6.07 Å². The highest BCUT2D eigenvalue weighted by Crippen LogP contribution is 2.32. The van der Waals surface area contributed by atoms with Crippen LogP contribution in [-0.4, -0.2) is 11.1 Å². The van der Waals surface area contributed by atoms with E-state index in [2.05, 4.69) is 0 Å². The van der Waals surface area contributed by atoms with Crippen LogP contribution in [0.3, 0.4) is 0 Å². The van der Waals surface area contributed by atoms with E-state index in [1.54, 1.807) is 6.07 Å². The molecule has 3 nitrogen and oxygen atoms in total. The van der Waals surface area contributed by atoms with Crippen molar-refractivity contribution in [2.75, 3.05) is 0 Å². The van der Waals surface area contributed by atoms with Gasteiger partial charge in [0.05, 0.1) is 16.7 Å². The molecule has 0 fully saturated rings. The number of nitriles is 1. The molecule has 7 heteroatoms. The third kappa shape index (κ3) is 2.68. The zero-order valence-corrected chi connectivity index (χ0v) is 8.93. The Labute approximate surface area is 99.0 Å². The molecule has 0 saturated heterocycles. The Morgan fingerprint density at radius 2 is 2.06 bits per heavy atom. The highest BCUT2D eigenvalue weighted by atomic mass is 35.5. The van der Waals surface area contributed by atoms with E-state index in [1.807, 2.05) is 0 Å². The fraction of sp³-hybridized carbons (Fsp3) is 0.200. The molecular formula is C10H5ClF3NO2. The molecule has 0 aliphatic heterocycles. The van der Waals surface area contributed by atoms with E-state index in [4.69, 9.17) is 22.0 Å². The Kier molecular flexibility index (Phi) is 3.63. The summed E-state index contributed by atoms with van der Waals surface area (Å²) in [5.41, 5.74) is -2.33. The summed E-state index contributed by atoms with van der Waals surface area (Å²) in [7, 11) is 0. The van der Waals surface area contributed by atoms with Gasteiger partial charge in [-0.15, -0.1) is 11.6 Å². The maximum Gasteiger partial charge on any atom is 0.416 e. The molecular weight excluding hydrogens is 259 g/mol. The fourth-order valence-corrected chi connectivity index (χ4v) is 1.48. The number of benzene rings is 1. The van der Waals surface area contributed by atoms with E-state index in [1.165, 1.54) is 0 Å². The Morgan fingerprint density at radius 3 is 2.41 bits per heavy atom. The van der Waals surface area contributed by atoms with Crippen molar-refractivity contribution in [3.05, 3.63) is 34.4 Å². The van der Waals surface area contributed by atoms with Crippen LogP contribution in [-0.2, 0) is 12.1 Å². The van der Waals surface area contributed by atoms with E-state index in [0.29, 0.717) is 12.1 Å². The van der Waals surface area contributed by atoms with Crippen molar-refractivity contribution in [3.8, 4) is 6.07 Å². The third-order valence-electron chi connectivity index (χ3n) is 2.03.